The van der Waals surface area contributed by atoms with E-state index in [0.29, 0.717) is 5.03 Å². The van der Waals surface area contributed by atoms with E-state index in [4.69, 9.17) is 11.6 Å². The molecule has 0 fully saturated rings. The van der Waals surface area contributed by atoms with Crippen LogP contribution in [0.25, 0.3) is 0 Å². The quantitative estimate of drug-likeness (QED) is 0.500. The number of Topliss-reactive ketones (excluding diaryl/α,β-unsaturated/α-hetero) is 1. The molecule has 0 atom stereocenters. The molecular formula is C8H11ClO3. The lowest BCUT2D eigenvalue weighted by Crippen LogP contribution is -2.08. The van der Waals surface area contributed by atoms with Crippen LogP contribution < -0.4 is 0 Å². The SMILES string of the molecule is CC(=O)CC(=O)OCC=C(C)Cl. The zero-order chi connectivity index (χ0) is 9.56. The van der Waals surface area contributed by atoms with Crippen LogP contribution in [0, 0.1) is 0 Å². The first-order chi connectivity index (χ1) is 5.52. The van der Waals surface area contributed by atoms with Gasteiger partial charge in [-0.05, 0) is 19.9 Å². The van der Waals surface area contributed by atoms with E-state index < -0.39 is 5.97 Å². The molecule has 3 nitrogen and oxygen atoms in total. The first kappa shape index (κ1) is 11.2. The van der Waals surface area contributed by atoms with Crippen molar-refractivity contribution in [3.8, 4) is 0 Å². The molecular weight excluding hydrogens is 180 g/mol. The maximum Gasteiger partial charge on any atom is 0.313 e. The van der Waals surface area contributed by atoms with Gasteiger partial charge in [-0.2, -0.15) is 0 Å². The molecule has 4 heteroatoms. The molecule has 0 radical (unpaired) electrons. The highest BCUT2D eigenvalue weighted by Crippen LogP contribution is 1.97. The standard InChI is InChI=1S/C8H11ClO3/c1-6(9)3-4-12-8(11)5-7(2)10/h3H,4-5H2,1-2H3. The molecule has 0 unspecified atom stereocenters. The van der Waals surface area contributed by atoms with Gasteiger partial charge in [0.25, 0.3) is 0 Å². The van der Waals surface area contributed by atoms with Gasteiger partial charge in [-0.1, -0.05) is 11.6 Å². The molecule has 0 aromatic heterocycles. The van der Waals surface area contributed by atoms with Crippen molar-refractivity contribution in [2.75, 3.05) is 6.61 Å². The summed E-state index contributed by atoms with van der Waals surface area (Å²) in [5, 5.41) is 0.561. The number of hydrogen-bond donors (Lipinski definition) is 0. The van der Waals surface area contributed by atoms with E-state index >= 15 is 0 Å². The van der Waals surface area contributed by atoms with Gasteiger partial charge in [0.2, 0.25) is 0 Å². The molecule has 0 saturated carbocycles. The van der Waals surface area contributed by atoms with Gasteiger partial charge < -0.3 is 4.74 Å². The largest absolute Gasteiger partial charge is 0.461 e. The molecule has 0 bridgehead atoms. The van der Waals surface area contributed by atoms with E-state index in [-0.39, 0.29) is 18.8 Å². The maximum atomic E-state index is 10.7. The van der Waals surface area contributed by atoms with Crippen molar-refractivity contribution in [3.63, 3.8) is 0 Å². The van der Waals surface area contributed by atoms with Crippen LogP contribution >= 0.6 is 11.6 Å². The summed E-state index contributed by atoms with van der Waals surface area (Å²) in [6.45, 7) is 3.14. The Kier molecular flexibility index (Phi) is 5.37. The fourth-order valence-electron chi connectivity index (χ4n) is 0.504. The van der Waals surface area contributed by atoms with Gasteiger partial charge >= 0.3 is 5.97 Å². The highest BCUT2D eigenvalue weighted by molar-refractivity contribution is 6.29. The second kappa shape index (κ2) is 5.77. The third-order valence-electron chi connectivity index (χ3n) is 1.00. The van der Waals surface area contributed by atoms with E-state index in [2.05, 4.69) is 4.74 Å². The topological polar surface area (TPSA) is 43.4 Å². The highest BCUT2D eigenvalue weighted by Gasteiger charge is 2.04. The Morgan fingerprint density at radius 2 is 2.00 bits per heavy atom. The van der Waals surface area contributed by atoms with Crippen LogP contribution in [0.5, 0.6) is 0 Å². The predicted molar refractivity (Wildman–Crippen MR) is 45.9 cm³/mol. The fraction of sp³-hybridized carbons (Fsp3) is 0.500. The van der Waals surface area contributed by atoms with Gasteiger partial charge in [0.05, 0.1) is 0 Å². The van der Waals surface area contributed by atoms with Crippen LogP contribution in [0.2, 0.25) is 0 Å². The molecule has 0 heterocycles. The molecule has 0 aliphatic carbocycles. The molecule has 0 saturated heterocycles. The Morgan fingerprint density at radius 1 is 1.42 bits per heavy atom. The summed E-state index contributed by atoms with van der Waals surface area (Å²) in [4.78, 5) is 21.1. The first-order valence-corrected chi connectivity index (χ1v) is 3.87. The Balaban J connectivity index is 3.58. The van der Waals surface area contributed by atoms with E-state index in [0.717, 1.165) is 0 Å². The van der Waals surface area contributed by atoms with Gasteiger partial charge in [0, 0.05) is 5.03 Å². The van der Waals surface area contributed by atoms with Crippen LogP contribution in [0.3, 0.4) is 0 Å². The fourth-order valence-corrected chi connectivity index (χ4v) is 0.567. The van der Waals surface area contributed by atoms with Gasteiger partial charge in [0.1, 0.15) is 18.8 Å². The lowest BCUT2D eigenvalue weighted by atomic mass is 10.3. The molecule has 0 amide bonds. The van der Waals surface area contributed by atoms with Crippen molar-refractivity contribution in [2.24, 2.45) is 0 Å². The molecule has 12 heavy (non-hydrogen) atoms. The average molecular weight is 191 g/mol. The Bertz CT molecular complexity index is 204. The van der Waals surface area contributed by atoms with Crippen LogP contribution in [-0.2, 0) is 14.3 Å². The predicted octanol–water partition coefficient (Wildman–Crippen LogP) is 1.65. The number of esters is 1. The smallest absolute Gasteiger partial charge is 0.313 e. The van der Waals surface area contributed by atoms with Crippen molar-refractivity contribution in [1.82, 2.24) is 0 Å². The minimum Gasteiger partial charge on any atom is -0.461 e. The number of hydrogen-bond acceptors (Lipinski definition) is 3. The van der Waals surface area contributed by atoms with E-state index in [9.17, 15) is 9.59 Å². The molecule has 0 rings (SSSR count). The van der Waals surface area contributed by atoms with Crippen molar-refractivity contribution in [1.29, 1.82) is 0 Å². The normalized spacial score (nSPS) is 11.1. The van der Waals surface area contributed by atoms with Crippen LogP contribution in [0.4, 0.5) is 0 Å². The number of carbonyl (C=O) groups excluding carboxylic acids is 2. The number of halogens is 1. The molecule has 0 spiro atoms. The van der Waals surface area contributed by atoms with Gasteiger partial charge in [-0.3, -0.25) is 9.59 Å². The number of rotatable bonds is 4. The molecule has 0 aromatic carbocycles. The van der Waals surface area contributed by atoms with E-state index in [1.165, 1.54) is 6.92 Å². The summed E-state index contributed by atoms with van der Waals surface area (Å²) in [6.07, 6.45) is 1.38. The number of allylic oxidation sites excluding steroid dienone is 1. The zero-order valence-electron chi connectivity index (χ0n) is 7.09. The lowest BCUT2D eigenvalue weighted by Gasteiger charge is -1.98. The molecule has 0 N–H and O–H groups in total. The second-order valence-electron chi connectivity index (χ2n) is 2.35. The number of ether oxygens (including phenoxy) is 1. The summed E-state index contributed by atoms with van der Waals surface area (Å²) >= 11 is 5.47. The minimum absolute atomic E-state index is 0.126. The van der Waals surface area contributed by atoms with E-state index in [1.54, 1.807) is 13.0 Å². The minimum atomic E-state index is -0.517. The monoisotopic (exact) mass is 190 g/mol. The summed E-state index contributed by atoms with van der Waals surface area (Å²) in [7, 11) is 0. The third kappa shape index (κ3) is 7.28. The molecule has 0 aromatic rings. The molecule has 68 valence electrons. The third-order valence-corrected chi connectivity index (χ3v) is 1.16. The Hall–Kier alpha value is -0.830. The second-order valence-corrected chi connectivity index (χ2v) is 2.95. The van der Waals surface area contributed by atoms with Crippen molar-refractivity contribution in [3.05, 3.63) is 11.1 Å². The van der Waals surface area contributed by atoms with Crippen LogP contribution in [0.15, 0.2) is 11.1 Å². The van der Waals surface area contributed by atoms with Gasteiger partial charge in [-0.25, -0.2) is 0 Å². The summed E-state index contributed by atoms with van der Waals surface area (Å²) in [5.41, 5.74) is 0. The average Bonchev–Trinajstić information content (AvgIpc) is 1.84. The Morgan fingerprint density at radius 3 is 2.42 bits per heavy atom. The number of ketones is 1. The lowest BCUT2D eigenvalue weighted by molar-refractivity contribution is -0.144. The summed E-state index contributed by atoms with van der Waals surface area (Å²) in [6, 6.07) is 0. The van der Waals surface area contributed by atoms with Gasteiger partial charge in [-0.15, -0.1) is 0 Å². The van der Waals surface area contributed by atoms with Gasteiger partial charge in [0.15, 0.2) is 0 Å². The summed E-state index contributed by atoms with van der Waals surface area (Å²) in [5.74, 6) is -0.719. The van der Waals surface area contributed by atoms with Crippen LogP contribution in [0.1, 0.15) is 20.3 Å². The molecule has 0 aliphatic heterocycles. The van der Waals surface area contributed by atoms with Crippen LogP contribution in [-0.4, -0.2) is 18.4 Å². The summed E-state index contributed by atoms with van der Waals surface area (Å²) < 4.78 is 4.64. The Labute approximate surface area is 76.3 Å². The molecule has 0 aliphatic rings. The van der Waals surface area contributed by atoms with Crippen molar-refractivity contribution >= 4 is 23.4 Å². The van der Waals surface area contributed by atoms with Crippen molar-refractivity contribution < 1.29 is 14.3 Å². The first-order valence-electron chi connectivity index (χ1n) is 3.49. The highest BCUT2D eigenvalue weighted by atomic mass is 35.5. The van der Waals surface area contributed by atoms with Crippen molar-refractivity contribution in [2.45, 2.75) is 20.3 Å². The zero-order valence-corrected chi connectivity index (χ0v) is 7.85. The maximum absolute atomic E-state index is 10.7. The van der Waals surface area contributed by atoms with E-state index in [1.807, 2.05) is 0 Å². The number of carbonyl (C=O) groups is 2.